The van der Waals surface area contributed by atoms with E-state index < -0.39 is 28.5 Å². The molecular formula is C32H39N3O4S. The number of hydrogen-bond acceptors (Lipinski definition) is 4. The third kappa shape index (κ3) is 7.10. The monoisotopic (exact) mass is 561 g/mol. The SMILES string of the molecule is Cc1ccc(S(=O)(=O)N(CC(=O)N(Cc2cccc(C)c2)C(C)C(=O)NC2CCCC2)c2cccc(C)c2)cc1. The zero-order valence-corrected chi connectivity index (χ0v) is 24.6. The van der Waals surface area contributed by atoms with Crippen molar-refractivity contribution in [1.82, 2.24) is 10.2 Å². The molecular weight excluding hydrogens is 522 g/mol. The number of sulfonamides is 1. The Hall–Kier alpha value is -3.65. The predicted octanol–water partition coefficient (Wildman–Crippen LogP) is 5.28. The molecule has 4 rings (SSSR count). The van der Waals surface area contributed by atoms with Gasteiger partial charge in [-0.2, -0.15) is 0 Å². The fourth-order valence-corrected chi connectivity index (χ4v) is 6.54. The Bertz CT molecular complexity index is 1450. The molecule has 0 saturated heterocycles. The van der Waals surface area contributed by atoms with E-state index in [1.807, 2.05) is 51.1 Å². The number of amides is 2. The molecule has 0 bridgehead atoms. The van der Waals surface area contributed by atoms with Crippen LogP contribution >= 0.6 is 0 Å². The third-order valence-electron chi connectivity index (χ3n) is 7.48. The van der Waals surface area contributed by atoms with Crippen LogP contribution in [0.3, 0.4) is 0 Å². The zero-order valence-electron chi connectivity index (χ0n) is 23.8. The molecule has 0 aromatic heterocycles. The van der Waals surface area contributed by atoms with Gasteiger partial charge in [-0.1, -0.05) is 72.5 Å². The molecule has 0 aliphatic heterocycles. The largest absolute Gasteiger partial charge is 0.352 e. The Kier molecular flexibility index (Phi) is 9.30. The minimum absolute atomic E-state index is 0.102. The van der Waals surface area contributed by atoms with Crippen molar-refractivity contribution in [2.24, 2.45) is 0 Å². The van der Waals surface area contributed by atoms with E-state index in [-0.39, 0.29) is 23.4 Å². The number of carbonyl (C=O) groups is 2. The van der Waals surface area contributed by atoms with E-state index in [0.717, 1.165) is 52.2 Å². The lowest BCUT2D eigenvalue weighted by Crippen LogP contribution is -2.52. The van der Waals surface area contributed by atoms with Crippen molar-refractivity contribution in [1.29, 1.82) is 0 Å². The molecule has 1 aliphatic carbocycles. The van der Waals surface area contributed by atoms with Gasteiger partial charge in [0, 0.05) is 12.6 Å². The third-order valence-corrected chi connectivity index (χ3v) is 9.27. The summed E-state index contributed by atoms with van der Waals surface area (Å²) in [6.45, 7) is 7.20. The van der Waals surface area contributed by atoms with Crippen LogP contribution < -0.4 is 9.62 Å². The van der Waals surface area contributed by atoms with E-state index in [1.54, 1.807) is 49.4 Å². The normalized spacial score (nSPS) is 14.5. The lowest BCUT2D eigenvalue weighted by atomic mass is 10.1. The minimum atomic E-state index is -4.08. The number of anilines is 1. The highest BCUT2D eigenvalue weighted by atomic mass is 32.2. The average Bonchev–Trinajstić information content (AvgIpc) is 3.43. The van der Waals surface area contributed by atoms with Gasteiger partial charge in [-0.05, 0) is 75.9 Å². The summed E-state index contributed by atoms with van der Waals surface area (Å²) < 4.78 is 29.0. The van der Waals surface area contributed by atoms with Gasteiger partial charge >= 0.3 is 0 Å². The van der Waals surface area contributed by atoms with E-state index in [9.17, 15) is 18.0 Å². The summed E-state index contributed by atoms with van der Waals surface area (Å²) in [6, 6.07) is 20.8. The van der Waals surface area contributed by atoms with Crippen LogP contribution in [0.1, 0.15) is 54.9 Å². The maximum absolute atomic E-state index is 14.1. The summed E-state index contributed by atoms with van der Waals surface area (Å²) in [7, 11) is -4.08. The highest BCUT2D eigenvalue weighted by Crippen LogP contribution is 2.26. The predicted molar refractivity (Wildman–Crippen MR) is 158 cm³/mol. The van der Waals surface area contributed by atoms with Gasteiger partial charge in [0.2, 0.25) is 11.8 Å². The van der Waals surface area contributed by atoms with Crippen LogP contribution in [0, 0.1) is 20.8 Å². The van der Waals surface area contributed by atoms with Gasteiger partial charge < -0.3 is 10.2 Å². The Labute approximate surface area is 238 Å². The first-order valence-electron chi connectivity index (χ1n) is 13.9. The number of nitrogens with zero attached hydrogens (tertiary/aromatic N) is 2. The molecule has 1 atom stereocenters. The molecule has 1 N–H and O–H groups in total. The van der Waals surface area contributed by atoms with Crippen molar-refractivity contribution in [3.63, 3.8) is 0 Å². The first kappa shape index (κ1) is 29.3. The summed E-state index contributed by atoms with van der Waals surface area (Å²) in [6.07, 6.45) is 4.02. The van der Waals surface area contributed by atoms with Gasteiger partial charge in [0.25, 0.3) is 10.0 Å². The standard InChI is InChI=1S/C32H39N3O4S/c1-23-15-17-30(18-16-23)40(38,39)35(29-14-8-10-25(3)20-29)22-31(36)34(21-27-11-7-9-24(2)19-27)26(4)32(37)33-28-12-5-6-13-28/h7-11,14-20,26,28H,5-6,12-13,21-22H2,1-4H3,(H,33,37). The number of aryl methyl sites for hydroxylation is 3. The van der Waals surface area contributed by atoms with Gasteiger partial charge in [-0.3, -0.25) is 13.9 Å². The molecule has 1 unspecified atom stereocenters. The highest BCUT2D eigenvalue weighted by molar-refractivity contribution is 7.92. The van der Waals surface area contributed by atoms with Crippen LogP contribution in [0.2, 0.25) is 0 Å². The van der Waals surface area contributed by atoms with Crippen molar-refractivity contribution in [3.05, 3.63) is 95.1 Å². The van der Waals surface area contributed by atoms with Gasteiger partial charge in [-0.15, -0.1) is 0 Å². The van der Waals surface area contributed by atoms with Crippen molar-refractivity contribution >= 4 is 27.5 Å². The van der Waals surface area contributed by atoms with Crippen LogP contribution in [-0.4, -0.2) is 43.8 Å². The van der Waals surface area contributed by atoms with Gasteiger partial charge in [0.05, 0.1) is 10.6 Å². The Morgan fingerprint density at radius 1 is 0.875 bits per heavy atom. The lowest BCUT2D eigenvalue weighted by molar-refractivity contribution is -0.139. The summed E-state index contributed by atoms with van der Waals surface area (Å²) in [5.74, 6) is -0.677. The molecule has 3 aromatic carbocycles. The number of carbonyl (C=O) groups excluding carboxylic acids is 2. The molecule has 0 spiro atoms. The molecule has 1 fully saturated rings. The van der Waals surface area contributed by atoms with Crippen LogP contribution in [0.15, 0.2) is 77.7 Å². The van der Waals surface area contributed by atoms with Gasteiger partial charge in [0.1, 0.15) is 12.6 Å². The zero-order chi connectivity index (χ0) is 28.9. The summed E-state index contributed by atoms with van der Waals surface area (Å²) in [5, 5.41) is 3.10. The molecule has 0 radical (unpaired) electrons. The smallest absolute Gasteiger partial charge is 0.264 e. The first-order valence-corrected chi connectivity index (χ1v) is 15.3. The van der Waals surface area contributed by atoms with E-state index in [1.165, 1.54) is 4.90 Å². The number of hydrogen-bond donors (Lipinski definition) is 1. The van der Waals surface area contributed by atoms with Crippen LogP contribution in [-0.2, 0) is 26.2 Å². The molecule has 2 amide bonds. The first-order chi connectivity index (χ1) is 19.0. The number of rotatable bonds is 10. The average molecular weight is 562 g/mol. The van der Waals surface area contributed by atoms with Gasteiger partial charge in [0.15, 0.2) is 0 Å². The van der Waals surface area contributed by atoms with E-state index >= 15 is 0 Å². The molecule has 1 aliphatic rings. The van der Waals surface area contributed by atoms with Crippen LogP contribution in [0.4, 0.5) is 5.69 Å². The summed E-state index contributed by atoms with van der Waals surface area (Å²) in [4.78, 5) is 29.0. The second-order valence-electron chi connectivity index (χ2n) is 10.8. The molecule has 8 heteroatoms. The van der Waals surface area contributed by atoms with Gasteiger partial charge in [-0.25, -0.2) is 8.42 Å². The Balaban J connectivity index is 1.69. The molecule has 0 heterocycles. The van der Waals surface area contributed by atoms with Crippen molar-refractivity contribution in [3.8, 4) is 0 Å². The maximum atomic E-state index is 14.1. The van der Waals surface area contributed by atoms with E-state index in [2.05, 4.69) is 5.32 Å². The van der Waals surface area contributed by atoms with E-state index in [4.69, 9.17) is 0 Å². The lowest BCUT2D eigenvalue weighted by Gasteiger charge is -2.32. The number of benzene rings is 3. The Morgan fingerprint density at radius 2 is 1.50 bits per heavy atom. The highest BCUT2D eigenvalue weighted by Gasteiger charge is 2.33. The topological polar surface area (TPSA) is 86.8 Å². The van der Waals surface area contributed by atoms with Crippen molar-refractivity contribution in [2.45, 2.75) is 76.9 Å². The molecule has 3 aromatic rings. The fourth-order valence-electron chi connectivity index (χ4n) is 5.13. The second-order valence-corrected chi connectivity index (χ2v) is 12.7. The molecule has 1 saturated carbocycles. The summed E-state index contributed by atoms with van der Waals surface area (Å²) in [5.41, 5.74) is 4.11. The van der Waals surface area contributed by atoms with Crippen molar-refractivity contribution in [2.75, 3.05) is 10.8 Å². The summed E-state index contributed by atoms with van der Waals surface area (Å²) >= 11 is 0. The molecule has 40 heavy (non-hydrogen) atoms. The minimum Gasteiger partial charge on any atom is -0.352 e. The molecule has 212 valence electrons. The number of nitrogens with one attached hydrogen (secondary N) is 1. The second kappa shape index (κ2) is 12.7. The van der Waals surface area contributed by atoms with Crippen LogP contribution in [0.25, 0.3) is 0 Å². The van der Waals surface area contributed by atoms with Crippen LogP contribution in [0.5, 0.6) is 0 Å². The quantitative estimate of drug-likeness (QED) is 0.365. The fraction of sp³-hybridized carbons (Fsp3) is 0.375. The van der Waals surface area contributed by atoms with Crippen molar-refractivity contribution < 1.29 is 18.0 Å². The van der Waals surface area contributed by atoms with E-state index in [0.29, 0.717) is 5.69 Å². The maximum Gasteiger partial charge on any atom is 0.264 e. The Morgan fingerprint density at radius 3 is 2.12 bits per heavy atom. The molecule has 7 nitrogen and oxygen atoms in total.